The lowest BCUT2D eigenvalue weighted by molar-refractivity contribution is -0.111. The summed E-state index contributed by atoms with van der Waals surface area (Å²) >= 11 is 7.54. The highest BCUT2D eigenvalue weighted by molar-refractivity contribution is 7.14. The second-order valence-corrected chi connectivity index (χ2v) is 7.55. The fourth-order valence-corrected chi connectivity index (χ4v) is 3.90. The van der Waals surface area contributed by atoms with Crippen molar-refractivity contribution in [2.45, 2.75) is 0 Å². The van der Waals surface area contributed by atoms with Gasteiger partial charge >= 0.3 is 0 Å². The topological polar surface area (TPSA) is 68.2 Å². The van der Waals surface area contributed by atoms with E-state index in [1.54, 1.807) is 29.5 Å². The number of nitrogens with zero attached hydrogens (tertiary/aromatic N) is 1. The summed E-state index contributed by atoms with van der Waals surface area (Å²) in [5.74, 6) is 0.249. The lowest BCUT2D eigenvalue weighted by Crippen LogP contribution is -2.39. The van der Waals surface area contributed by atoms with Crippen molar-refractivity contribution in [3.8, 4) is 0 Å². The van der Waals surface area contributed by atoms with Crippen LogP contribution in [-0.2, 0) is 4.79 Å². The number of amidine groups is 1. The van der Waals surface area contributed by atoms with E-state index in [1.165, 1.54) is 6.08 Å². The molecule has 3 N–H and O–H groups in total. The van der Waals surface area contributed by atoms with E-state index in [2.05, 4.69) is 10.6 Å². The molecule has 0 aliphatic carbocycles. The summed E-state index contributed by atoms with van der Waals surface area (Å²) in [5.41, 5.74) is 3.35. The van der Waals surface area contributed by atoms with Gasteiger partial charge in [0.2, 0.25) is 5.91 Å². The van der Waals surface area contributed by atoms with Gasteiger partial charge in [0.25, 0.3) is 0 Å². The number of hydrogen-bond acceptors (Lipinski definition) is 4. The Labute approximate surface area is 171 Å². The molecule has 0 bridgehead atoms. The molecule has 0 unspecified atom stereocenters. The Hall–Kier alpha value is -3.09. The van der Waals surface area contributed by atoms with Gasteiger partial charge < -0.3 is 15.5 Å². The zero-order valence-electron chi connectivity index (χ0n) is 14.8. The molecule has 0 saturated carbocycles. The average molecular weight is 409 g/mol. The van der Waals surface area contributed by atoms with Crippen molar-refractivity contribution >= 4 is 57.1 Å². The first-order valence-electron chi connectivity index (χ1n) is 8.63. The van der Waals surface area contributed by atoms with Crippen LogP contribution in [0.3, 0.4) is 0 Å². The molecule has 140 valence electrons. The number of rotatable bonds is 4. The third-order valence-electron chi connectivity index (χ3n) is 4.31. The molecule has 0 fully saturated rings. The van der Waals surface area contributed by atoms with Crippen molar-refractivity contribution in [3.05, 3.63) is 82.2 Å². The van der Waals surface area contributed by atoms with Crippen molar-refractivity contribution in [3.63, 3.8) is 0 Å². The summed E-state index contributed by atoms with van der Waals surface area (Å²) in [6.45, 7) is 0.542. The summed E-state index contributed by atoms with van der Waals surface area (Å²) in [4.78, 5) is 14.0. The number of fused-ring (bicyclic) bond motifs is 1. The predicted octanol–water partition coefficient (Wildman–Crippen LogP) is 5.27. The minimum Gasteiger partial charge on any atom is -0.359 e. The van der Waals surface area contributed by atoms with Crippen LogP contribution >= 0.6 is 22.9 Å². The molecule has 28 heavy (non-hydrogen) atoms. The van der Waals surface area contributed by atoms with E-state index in [1.807, 2.05) is 52.7 Å². The van der Waals surface area contributed by atoms with Gasteiger partial charge in [0.1, 0.15) is 10.8 Å². The van der Waals surface area contributed by atoms with E-state index in [0.29, 0.717) is 23.2 Å². The molecular weight excluding hydrogens is 392 g/mol. The zero-order chi connectivity index (χ0) is 19.5. The average Bonchev–Trinajstić information content (AvgIpc) is 3.17. The van der Waals surface area contributed by atoms with Gasteiger partial charge in [-0.15, -0.1) is 11.3 Å². The van der Waals surface area contributed by atoms with Gasteiger partial charge in [-0.25, -0.2) is 0 Å². The van der Waals surface area contributed by atoms with E-state index in [9.17, 15) is 4.79 Å². The van der Waals surface area contributed by atoms with Crippen molar-refractivity contribution in [1.29, 1.82) is 5.41 Å². The molecule has 3 aromatic rings. The van der Waals surface area contributed by atoms with Crippen LogP contribution in [0.15, 0.2) is 66.1 Å². The lowest BCUT2D eigenvalue weighted by Gasteiger charge is -2.30. The number of carbonyl (C=O) groups excluding carboxylic acids is 1. The Kier molecular flexibility index (Phi) is 5.14. The molecule has 1 amide bonds. The number of thiophene rings is 1. The molecule has 0 radical (unpaired) electrons. The second kappa shape index (κ2) is 7.88. The van der Waals surface area contributed by atoms with Gasteiger partial charge in [-0.3, -0.25) is 10.2 Å². The molecule has 4 rings (SSSR count). The summed E-state index contributed by atoms with van der Waals surface area (Å²) in [5, 5.41) is 18.2. The van der Waals surface area contributed by atoms with Crippen LogP contribution in [0.1, 0.15) is 11.1 Å². The van der Waals surface area contributed by atoms with Crippen LogP contribution in [0.25, 0.3) is 6.08 Å². The first-order valence-corrected chi connectivity index (χ1v) is 9.88. The van der Waals surface area contributed by atoms with Crippen LogP contribution in [0, 0.1) is 5.41 Å². The van der Waals surface area contributed by atoms with Gasteiger partial charge in [-0.1, -0.05) is 23.7 Å². The maximum atomic E-state index is 12.1. The van der Waals surface area contributed by atoms with Crippen molar-refractivity contribution in [1.82, 2.24) is 0 Å². The van der Waals surface area contributed by atoms with Gasteiger partial charge in [0.05, 0.1) is 12.2 Å². The highest BCUT2D eigenvalue weighted by Crippen LogP contribution is 2.30. The molecule has 7 heteroatoms. The largest absolute Gasteiger partial charge is 0.359 e. The van der Waals surface area contributed by atoms with E-state index < -0.39 is 0 Å². The number of benzene rings is 2. The first-order chi connectivity index (χ1) is 13.6. The fourth-order valence-electron chi connectivity index (χ4n) is 2.92. The van der Waals surface area contributed by atoms with E-state index in [4.69, 9.17) is 17.0 Å². The zero-order valence-corrected chi connectivity index (χ0v) is 16.3. The van der Waals surface area contributed by atoms with Crippen molar-refractivity contribution in [2.24, 2.45) is 0 Å². The highest BCUT2D eigenvalue weighted by Gasteiger charge is 2.22. The molecule has 1 aliphatic rings. The quantitative estimate of drug-likeness (QED) is 0.515. The third kappa shape index (κ3) is 3.93. The number of halogens is 1. The van der Waals surface area contributed by atoms with E-state index in [0.717, 1.165) is 21.8 Å². The third-order valence-corrected chi connectivity index (χ3v) is 5.42. The Balaban J connectivity index is 1.41. The number of carbonyl (C=O) groups is 1. The summed E-state index contributed by atoms with van der Waals surface area (Å²) in [6.07, 6.45) is 3.19. The second-order valence-electron chi connectivity index (χ2n) is 6.20. The molecule has 5 nitrogen and oxygen atoms in total. The molecule has 1 aliphatic heterocycles. The standard InChI is InChI=1S/C21H17ClN4OS/c22-15-3-1-2-14(12-15)4-9-19(27)25-16-5-7-17(8-6-16)26-13-24-21-18(20(26)23)10-11-28-21/h1-12,23-24H,13H2,(H,25,27). The molecule has 1 aromatic heterocycles. The normalized spacial score (nSPS) is 13.3. The summed E-state index contributed by atoms with van der Waals surface area (Å²) < 4.78 is 0. The van der Waals surface area contributed by atoms with Crippen molar-refractivity contribution < 1.29 is 4.79 Å². The van der Waals surface area contributed by atoms with Gasteiger partial charge in [-0.2, -0.15) is 0 Å². The monoisotopic (exact) mass is 408 g/mol. The van der Waals surface area contributed by atoms with Crippen LogP contribution < -0.4 is 15.5 Å². The Morgan fingerprint density at radius 2 is 2.04 bits per heavy atom. The van der Waals surface area contributed by atoms with Crippen LogP contribution in [-0.4, -0.2) is 18.4 Å². The van der Waals surface area contributed by atoms with Gasteiger partial charge in [-0.05, 0) is 59.5 Å². The molecule has 0 saturated heterocycles. The van der Waals surface area contributed by atoms with E-state index >= 15 is 0 Å². The highest BCUT2D eigenvalue weighted by atomic mass is 35.5. The smallest absolute Gasteiger partial charge is 0.248 e. The molecule has 2 heterocycles. The number of amides is 1. The van der Waals surface area contributed by atoms with Crippen LogP contribution in [0.4, 0.5) is 16.4 Å². The number of hydrogen-bond donors (Lipinski definition) is 3. The molecule has 0 atom stereocenters. The SMILES string of the molecule is N=C1c2ccsc2NCN1c1ccc(NC(=O)C=Cc2cccc(Cl)c2)cc1. The molecule has 0 spiro atoms. The number of nitrogens with one attached hydrogen (secondary N) is 3. The van der Waals surface area contributed by atoms with Crippen molar-refractivity contribution in [2.75, 3.05) is 22.2 Å². The summed E-state index contributed by atoms with van der Waals surface area (Å²) in [6, 6.07) is 16.7. The maximum Gasteiger partial charge on any atom is 0.248 e. The minimum absolute atomic E-state index is 0.219. The number of anilines is 3. The maximum absolute atomic E-state index is 12.1. The van der Waals surface area contributed by atoms with Gasteiger partial charge in [0, 0.05) is 22.5 Å². The Bertz CT molecular complexity index is 1060. The molecule has 2 aromatic carbocycles. The predicted molar refractivity (Wildman–Crippen MR) is 118 cm³/mol. The Morgan fingerprint density at radius 3 is 2.82 bits per heavy atom. The summed E-state index contributed by atoms with van der Waals surface area (Å²) in [7, 11) is 0. The molecular formula is C21H17ClN4OS. The minimum atomic E-state index is -0.219. The fraction of sp³-hybridized carbons (Fsp3) is 0.0476. The first kappa shape index (κ1) is 18.3. The van der Waals surface area contributed by atoms with Crippen LogP contribution in [0.2, 0.25) is 5.02 Å². The van der Waals surface area contributed by atoms with Gasteiger partial charge in [0.15, 0.2) is 0 Å². The van der Waals surface area contributed by atoms with E-state index in [-0.39, 0.29) is 5.91 Å². The lowest BCUT2D eigenvalue weighted by atomic mass is 10.2. The van der Waals surface area contributed by atoms with Crippen LogP contribution in [0.5, 0.6) is 0 Å². The Morgan fingerprint density at radius 1 is 1.21 bits per heavy atom.